The highest BCUT2D eigenvalue weighted by Crippen LogP contribution is 2.42. The van der Waals surface area contributed by atoms with Crippen LogP contribution in [-0.4, -0.2) is 67.9 Å². The van der Waals surface area contributed by atoms with Crippen molar-refractivity contribution in [2.24, 2.45) is 5.41 Å². The van der Waals surface area contributed by atoms with Gasteiger partial charge in [0, 0.05) is 45.3 Å². The summed E-state index contributed by atoms with van der Waals surface area (Å²) in [6, 6.07) is 1.75. The highest BCUT2D eigenvalue weighted by atomic mass is 16.5. The number of aromatic nitrogens is 1. The lowest BCUT2D eigenvalue weighted by Crippen LogP contribution is -2.58. The van der Waals surface area contributed by atoms with E-state index in [2.05, 4.69) is 10.5 Å². The van der Waals surface area contributed by atoms with E-state index >= 15 is 0 Å². The van der Waals surface area contributed by atoms with Crippen LogP contribution in [0.5, 0.6) is 0 Å². The molecular formula is C18H25N3O5. The second-order valence-corrected chi connectivity index (χ2v) is 7.42. The maximum absolute atomic E-state index is 12.9. The van der Waals surface area contributed by atoms with Crippen LogP contribution < -0.4 is 5.32 Å². The Balaban J connectivity index is 1.47. The molecule has 3 heterocycles. The van der Waals surface area contributed by atoms with Gasteiger partial charge in [-0.2, -0.15) is 0 Å². The van der Waals surface area contributed by atoms with E-state index in [1.807, 2.05) is 0 Å². The molecule has 1 N–H and O–H groups in total. The van der Waals surface area contributed by atoms with Crippen molar-refractivity contribution in [1.82, 2.24) is 15.4 Å². The van der Waals surface area contributed by atoms with E-state index in [4.69, 9.17) is 14.0 Å². The van der Waals surface area contributed by atoms with Gasteiger partial charge in [0.15, 0.2) is 5.69 Å². The number of likely N-dealkylation sites (tertiary alicyclic amines) is 1. The predicted molar refractivity (Wildman–Crippen MR) is 90.7 cm³/mol. The normalized spacial score (nSPS) is 28.0. The van der Waals surface area contributed by atoms with Crippen molar-refractivity contribution in [3.05, 3.63) is 17.5 Å². The van der Waals surface area contributed by atoms with E-state index in [0.29, 0.717) is 57.3 Å². The SMILES string of the molecule is COCCNC(=O)[C@@]12CCO[C@@H]1CCN(C(=O)c1cc(C3CC3)on1)C2. The standard InChI is InChI=1S/C18H25N3O5/c1-24-9-6-19-17(23)18-5-8-25-15(18)4-7-21(11-18)16(22)13-10-14(26-20-13)12-2-3-12/h10,12,15H,2-9,11H2,1H3,(H,19,23)/t15-,18-/m1/s1. The molecule has 0 bridgehead atoms. The molecule has 8 heteroatoms. The number of carbonyl (C=O) groups is 2. The fourth-order valence-corrected chi connectivity index (χ4v) is 4.00. The maximum atomic E-state index is 12.9. The van der Waals surface area contributed by atoms with Gasteiger partial charge in [0.1, 0.15) is 5.76 Å². The third-order valence-corrected chi connectivity index (χ3v) is 5.68. The molecule has 26 heavy (non-hydrogen) atoms. The van der Waals surface area contributed by atoms with E-state index in [-0.39, 0.29) is 17.9 Å². The van der Waals surface area contributed by atoms with Crippen LogP contribution in [0, 0.1) is 5.41 Å². The Morgan fingerprint density at radius 2 is 2.27 bits per heavy atom. The molecule has 2 saturated heterocycles. The van der Waals surface area contributed by atoms with Crippen molar-refractivity contribution >= 4 is 11.8 Å². The summed E-state index contributed by atoms with van der Waals surface area (Å²) < 4.78 is 16.1. The fourth-order valence-electron chi connectivity index (χ4n) is 4.00. The second kappa shape index (κ2) is 7.00. The molecule has 2 atom stereocenters. The van der Waals surface area contributed by atoms with Crippen LogP contribution in [0.25, 0.3) is 0 Å². The largest absolute Gasteiger partial charge is 0.383 e. The number of rotatable bonds is 6. The minimum absolute atomic E-state index is 0.0617. The first-order chi connectivity index (χ1) is 12.6. The minimum Gasteiger partial charge on any atom is -0.383 e. The number of fused-ring (bicyclic) bond motifs is 1. The summed E-state index contributed by atoms with van der Waals surface area (Å²) in [4.78, 5) is 27.5. The second-order valence-electron chi connectivity index (χ2n) is 7.42. The molecule has 1 aromatic rings. The predicted octanol–water partition coefficient (Wildman–Crippen LogP) is 0.936. The minimum atomic E-state index is -0.690. The van der Waals surface area contributed by atoms with Crippen molar-refractivity contribution in [1.29, 1.82) is 0 Å². The molecule has 3 aliphatic rings. The molecule has 4 rings (SSSR count). The summed E-state index contributed by atoms with van der Waals surface area (Å²) in [7, 11) is 1.60. The van der Waals surface area contributed by atoms with Gasteiger partial charge in [-0.05, 0) is 25.7 Å². The molecule has 0 spiro atoms. The number of ether oxygens (including phenoxy) is 2. The Kier molecular flexibility index (Phi) is 4.71. The maximum Gasteiger partial charge on any atom is 0.276 e. The Morgan fingerprint density at radius 3 is 3.04 bits per heavy atom. The van der Waals surface area contributed by atoms with Gasteiger partial charge >= 0.3 is 0 Å². The monoisotopic (exact) mass is 363 g/mol. The Labute approximate surface area is 152 Å². The average molecular weight is 363 g/mol. The average Bonchev–Trinajstić information content (AvgIpc) is 3.22. The van der Waals surface area contributed by atoms with E-state index in [0.717, 1.165) is 18.6 Å². The Bertz CT molecular complexity index is 686. The molecule has 8 nitrogen and oxygen atoms in total. The highest BCUT2D eigenvalue weighted by molar-refractivity contribution is 5.93. The summed E-state index contributed by atoms with van der Waals surface area (Å²) in [6.45, 7) is 2.36. The number of amides is 2. The number of piperidine rings is 1. The lowest BCUT2D eigenvalue weighted by Gasteiger charge is -2.42. The van der Waals surface area contributed by atoms with Crippen LogP contribution in [-0.2, 0) is 14.3 Å². The Hall–Kier alpha value is -1.93. The number of methoxy groups -OCH3 is 1. The first-order valence-electron chi connectivity index (χ1n) is 9.29. The van der Waals surface area contributed by atoms with Crippen LogP contribution in [0.2, 0.25) is 0 Å². The Morgan fingerprint density at radius 1 is 1.42 bits per heavy atom. The van der Waals surface area contributed by atoms with Gasteiger partial charge in [-0.25, -0.2) is 0 Å². The van der Waals surface area contributed by atoms with E-state index < -0.39 is 5.41 Å². The van der Waals surface area contributed by atoms with Crippen molar-refractivity contribution < 1.29 is 23.6 Å². The molecule has 0 radical (unpaired) electrons. The number of carbonyl (C=O) groups excluding carboxylic acids is 2. The van der Waals surface area contributed by atoms with Crippen LogP contribution in [0.4, 0.5) is 0 Å². The number of hydrogen-bond donors (Lipinski definition) is 1. The quantitative estimate of drug-likeness (QED) is 0.756. The summed E-state index contributed by atoms with van der Waals surface area (Å²) in [5.41, 5.74) is -0.357. The third-order valence-electron chi connectivity index (χ3n) is 5.68. The molecular weight excluding hydrogens is 338 g/mol. The molecule has 142 valence electrons. The van der Waals surface area contributed by atoms with E-state index in [1.165, 1.54) is 0 Å². The smallest absolute Gasteiger partial charge is 0.276 e. The zero-order valence-corrected chi connectivity index (χ0v) is 15.0. The van der Waals surface area contributed by atoms with E-state index in [1.54, 1.807) is 18.1 Å². The van der Waals surface area contributed by atoms with Gasteiger partial charge < -0.3 is 24.2 Å². The molecule has 2 amide bonds. The lowest BCUT2D eigenvalue weighted by atomic mass is 9.75. The molecule has 1 aromatic heterocycles. The zero-order chi connectivity index (χ0) is 18.1. The van der Waals surface area contributed by atoms with E-state index in [9.17, 15) is 9.59 Å². The van der Waals surface area contributed by atoms with Gasteiger partial charge in [-0.1, -0.05) is 5.16 Å². The zero-order valence-electron chi connectivity index (χ0n) is 15.0. The highest BCUT2D eigenvalue weighted by Gasteiger charge is 2.54. The number of nitrogens with zero attached hydrogens (tertiary/aromatic N) is 2. The molecule has 1 aliphatic carbocycles. The summed E-state index contributed by atoms with van der Waals surface area (Å²) in [5.74, 6) is 0.971. The molecule has 2 aliphatic heterocycles. The molecule has 1 saturated carbocycles. The van der Waals surface area contributed by atoms with Gasteiger partial charge in [0.05, 0.1) is 18.1 Å². The van der Waals surface area contributed by atoms with Crippen LogP contribution in [0.1, 0.15) is 47.8 Å². The van der Waals surface area contributed by atoms with Crippen molar-refractivity contribution in [2.75, 3.05) is 40.0 Å². The van der Waals surface area contributed by atoms with Crippen LogP contribution in [0.15, 0.2) is 10.6 Å². The first-order valence-corrected chi connectivity index (χ1v) is 9.29. The van der Waals surface area contributed by atoms with Crippen LogP contribution in [0.3, 0.4) is 0 Å². The summed E-state index contributed by atoms with van der Waals surface area (Å²) in [6.07, 6.45) is 3.31. The topological polar surface area (TPSA) is 93.9 Å². The lowest BCUT2D eigenvalue weighted by molar-refractivity contribution is -0.138. The first kappa shape index (κ1) is 17.5. The van der Waals surface area contributed by atoms with Crippen molar-refractivity contribution in [2.45, 2.75) is 37.7 Å². The molecule has 3 fully saturated rings. The van der Waals surface area contributed by atoms with Gasteiger partial charge in [0.25, 0.3) is 5.91 Å². The third kappa shape index (κ3) is 3.12. The van der Waals surface area contributed by atoms with Gasteiger partial charge in [-0.15, -0.1) is 0 Å². The number of nitrogens with one attached hydrogen (secondary N) is 1. The van der Waals surface area contributed by atoms with Crippen molar-refractivity contribution in [3.8, 4) is 0 Å². The van der Waals surface area contributed by atoms with Crippen molar-refractivity contribution in [3.63, 3.8) is 0 Å². The molecule has 0 unspecified atom stereocenters. The fraction of sp³-hybridized carbons (Fsp3) is 0.722. The van der Waals surface area contributed by atoms with Crippen LogP contribution >= 0.6 is 0 Å². The summed E-state index contributed by atoms with van der Waals surface area (Å²) >= 11 is 0. The summed E-state index contributed by atoms with van der Waals surface area (Å²) in [5, 5.41) is 6.88. The number of hydrogen-bond acceptors (Lipinski definition) is 6. The van der Waals surface area contributed by atoms with Gasteiger partial charge in [0.2, 0.25) is 5.91 Å². The molecule has 0 aromatic carbocycles. The van der Waals surface area contributed by atoms with Gasteiger partial charge in [-0.3, -0.25) is 9.59 Å².